The number of urea groups is 1. The number of hydrogen-bond donors (Lipinski definition) is 3. The van der Waals surface area contributed by atoms with Gasteiger partial charge in [-0.1, -0.05) is 48.0 Å². The number of sulfonamides is 1. The molecule has 3 aromatic carbocycles. The molecule has 9 nitrogen and oxygen atoms in total. The quantitative estimate of drug-likeness (QED) is 0.429. The van der Waals surface area contributed by atoms with E-state index >= 15 is 4.39 Å². The first-order chi connectivity index (χ1) is 17.6. The number of halogens is 2. The van der Waals surface area contributed by atoms with Crippen LogP contribution in [0, 0.1) is 5.82 Å². The number of nitrogens with one attached hydrogen (secondary N) is 2. The summed E-state index contributed by atoms with van der Waals surface area (Å²) in [5.74, 6) is -1.91. The molecule has 0 aliphatic carbocycles. The summed E-state index contributed by atoms with van der Waals surface area (Å²) in [6, 6.07) is 15.8. The zero-order valence-electron chi connectivity index (χ0n) is 19.6. The molecule has 194 valence electrons. The van der Waals surface area contributed by atoms with Crippen LogP contribution >= 0.6 is 11.6 Å². The summed E-state index contributed by atoms with van der Waals surface area (Å²) in [6.07, 6.45) is -0.278. The van der Waals surface area contributed by atoms with Crippen molar-refractivity contribution in [3.8, 4) is 11.1 Å². The Hall–Kier alpha value is -3.51. The van der Waals surface area contributed by atoms with Gasteiger partial charge in [0, 0.05) is 36.3 Å². The highest BCUT2D eigenvalue weighted by Gasteiger charge is 2.40. The molecule has 1 aliphatic heterocycles. The number of nitrogens with two attached hydrogens (primary N) is 1. The van der Waals surface area contributed by atoms with Gasteiger partial charge >= 0.3 is 6.03 Å². The van der Waals surface area contributed by atoms with E-state index in [9.17, 15) is 18.0 Å². The fourth-order valence-corrected chi connectivity index (χ4v) is 5.14. The Morgan fingerprint density at radius 3 is 2.35 bits per heavy atom. The van der Waals surface area contributed by atoms with E-state index in [4.69, 9.17) is 21.5 Å². The summed E-state index contributed by atoms with van der Waals surface area (Å²) in [4.78, 5) is 26.7. The zero-order chi connectivity index (χ0) is 26.7. The van der Waals surface area contributed by atoms with E-state index in [1.54, 1.807) is 54.6 Å². The number of rotatable bonds is 6. The summed E-state index contributed by atoms with van der Waals surface area (Å²) >= 11 is 5.88. The van der Waals surface area contributed by atoms with Crippen LogP contribution in [0.1, 0.15) is 6.42 Å². The van der Waals surface area contributed by atoms with Crippen molar-refractivity contribution < 1.29 is 27.1 Å². The van der Waals surface area contributed by atoms with Crippen LogP contribution in [0.15, 0.2) is 71.6 Å². The van der Waals surface area contributed by atoms with Gasteiger partial charge in [0.05, 0.1) is 11.8 Å². The minimum Gasteiger partial charge on any atom is -0.380 e. The minimum atomic E-state index is -4.49. The second-order valence-electron chi connectivity index (χ2n) is 8.40. The molecule has 12 heteroatoms. The molecule has 0 bridgehead atoms. The number of anilines is 2. The van der Waals surface area contributed by atoms with Crippen molar-refractivity contribution in [3.05, 3.63) is 77.6 Å². The minimum absolute atomic E-state index is 0.0582. The summed E-state index contributed by atoms with van der Waals surface area (Å²) in [5.41, 5.74) is 0.581. The maximum atomic E-state index is 15.5. The predicted molar refractivity (Wildman–Crippen MR) is 138 cm³/mol. The van der Waals surface area contributed by atoms with E-state index in [1.165, 1.54) is 24.1 Å². The molecule has 4 N–H and O–H groups in total. The highest BCUT2D eigenvalue weighted by Crippen LogP contribution is 2.33. The molecule has 1 fully saturated rings. The van der Waals surface area contributed by atoms with E-state index < -0.39 is 44.8 Å². The zero-order valence-corrected chi connectivity index (χ0v) is 21.2. The summed E-state index contributed by atoms with van der Waals surface area (Å²) in [6.45, 7) is 0.117. The Labute approximate surface area is 218 Å². The Morgan fingerprint density at radius 2 is 1.73 bits per heavy atom. The number of ether oxygens (including phenoxy) is 1. The predicted octanol–water partition coefficient (Wildman–Crippen LogP) is 4.05. The topological polar surface area (TPSA) is 131 Å². The molecule has 0 spiro atoms. The van der Waals surface area contributed by atoms with Crippen molar-refractivity contribution in [3.63, 3.8) is 0 Å². The molecule has 3 amide bonds. The van der Waals surface area contributed by atoms with Crippen LogP contribution in [-0.4, -0.2) is 51.1 Å². The third kappa shape index (κ3) is 5.91. The van der Waals surface area contributed by atoms with Crippen LogP contribution in [-0.2, 0) is 19.6 Å². The molecule has 0 aromatic heterocycles. The van der Waals surface area contributed by atoms with Crippen LogP contribution in [0.4, 0.5) is 20.6 Å². The number of hydrogen-bond acceptors (Lipinski definition) is 5. The SMILES string of the molecule is CO[C@@H]1C[C@H](C(=O)Nc2ccc(-c3ccccc3)c(S(N)(=O)=O)c2F)N(C(=O)Nc2ccc(Cl)cc2)C1. The molecule has 2 atom stereocenters. The first-order valence-corrected chi connectivity index (χ1v) is 13.1. The molecule has 1 saturated heterocycles. The maximum Gasteiger partial charge on any atom is 0.322 e. The van der Waals surface area contributed by atoms with Crippen LogP contribution in [0.25, 0.3) is 11.1 Å². The number of benzene rings is 3. The Kier molecular flexibility index (Phi) is 7.79. The van der Waals surface area contributed by atoms with Crippen LogP contribution in [0.3, 0.4) is 0 Å². The lowest BCUT2D eigenvalue weighted by atomic mass is 10.0. The van der Waals surface area contributed by atoms with Gasteiger partial charge in [0.1, 0.15) is 10.9 Å². The molecular formula is C25H24ClFN4O5S. The number of carbonyl (C=O) groups excluding carboxylic acids is 2. The second kappa shape index (κ2) is 10.9. The van der Waals surface area contributed by atoms with E-state index in [1.807, 2.05) is 0 Å². The summed E-state index contributed by atoms with van der Waals surface area (Å²) in [5, 5.41) is 10.9. The van der Waals surface area contributed by atoms with Crippen LogP contribution in [0.5, 0.6) is 0 Å². The third-order valence-electron chi connectivity index (χ3n) is 5.98. The van der Waals surface area contributed by atoms with Gasteiger partial charge in [-0.25, -0.2) is 22.7 Å². The fourth-order valence-electron chi connectivity index (χ4n) is 4.16. The summed E-state index contributed by atoms with van der Waals surface area (Å²) in [7, 11) is -3.04. The Balaban J connectivity index is 1.61. The largest absolute Gasteiger partial charge is 0.380 e. The molecule has 0 radical (unpaired) electrons. The number of primary sulfonamides is 1. The number of carbonyl (C=O) groups is 2. The summed E-state index contributed by atoms with van der Waals surface area (Å²) < 4.78 is 45.4. The van der Waals surface area contributed by atoms with Gasteiger partial charge < -0.3 is 20.3 Å². The van der Waals surface area contributed by atoms with Crippen LogP contribution < -0.4 is 15.8 Å². The van der Waals surface area contributed by atoms with Gasteiger partial charge in [0.2, 0.25) is 15.9 Å². The molecule has 37 heavy (non-hydrogen) atoms. The number of likely N-dealkylation sites (tertiary alicyclic amines) is 1. The van der Waals surface area contributed by atoms with Crippen molar-refractivity contribution in [1.29, 1.82) is 0 Å². The third-order valence-corrected chi connectivity index (χ3v) is 7.20. The number of amides is 3. The average molecular weight is 547 g/mol. The smallest absolute Gasteiger partial charge is 0.322 e. The Morgan fingerprint density at radius 1 is 1.05 bits per heavy atom. The molecule has 0 unspecified atom stereocenters. The van der Waals surface area contributed by atoms with E-state index in [2.05, 4.69) is 10.6 Å². The standard InChI is InChI=1S/C25H24ClFN4O5S/c1-36-18-13-21(31(14-18)25(33)29-17-9-7-16(26)8-10-17)24(32)30-20-12-11-19(15-5-3-2-4-6-15)23(22(20)27)37(28,34)35/h2-12,18,21H,13-14H2,1H3,(H,29,33)(H,30,32)(H2,28,34,35)/t18-,21-/m1/s1. The molecule has 1 heterocycles. The molecule has 4 rings (SSSR count). The molecule has 3 aromatic rings. The van der Waals surface area contributed by atoms with Gasteiger partial charge in [0.15, 0.2) is 5.82 Å². The van der Waals surface area contributed by atoms with Gasteiger partial charge in [-0.05, 0) is 35.9 Å². The fraction of sp³-hybridized carbons (Fsp3) is 0.200. The lowest BCUT2D eigenvalue weighted by Crippen LogP contribution is -2.45. The van der Waals surface area contributed by atoms with Gasteiger partial charge in [-0.15, -0.1) is 0 Å². The molecular weight excluding hydrogens is 523 g/mol. The Bertz CT molecular complexity index is 1420. The lowest BCUT2D eigenvalue weighted by molar-refractivity contribution is -0.119. The second-order valence-corrected chi connectivity index (χ2v) is 10.3. The van der Waals surface area contributed by atoms with Crippen molar-refractivity contribution in [2.24, 2.45) is 5.14 Å². The number of nitrogens with zero attached hydrogens (tertiary/aromatic N) is 1. The highest BCUT2D eigenvalue weighted by atomic mass is 35.5. The monoisotopic (exact) mass is 546 g/mol. The average Bonchev–Trinajstić information content (AvgIpc) is 3.31. The van der Waals surface area contributed by atoms with Gasteiger partial charge in [-0.2, -0.15) is 0 Å². The first kappa shape index (κ1) is 26.6. The van der Waals surface area contributed by atoms with Gasteiger partial charge in [-0.3, -0.25) is 4.79 Å². The first-order valence-electron chi connectivity index (χ1n) is 11.2. The molecule has 1 aliphatic rings. The van der Waals surface area contributed by atoms with Gasteiger partial charge in [0.25, 0.3) is 0 Å². The number of methoxy groups -OCH3 is 1. The van der Waals surface area contributed by atoms with Crippen molar-refractivity contribution in [1.82, 2.24) is 4.90 Å². The molecule has 0 saturated carbocycles. The highest BCUT2D eigenvalue weighted by molar-refractivity contribution is 7.89. The van der Waals surface area contributed by atoms with Crippen molar-refractivity contribution in [2.75, 3.05) is 24.3 Å². The van der Waals surface area contributed by atoms with E-state index in [0.717, 1.165) is 0 Å². The van der Waals surface area contributed by atoms with E-state index in [0.29, 0.717) is 16.3 Å². The van der Waals surface area contributed by atoms with Crippen LogP contribution in [0.2, 0.25) is 5.02 Å². The van der Waals surface area contributed by atoms with Crippen molar-refractivity contribution >= 4 is 44.9 Å². The maximum absolute atomic E-state index is 15.5. The van der Waals surface area contributed by atoms with Crippen molar-refractivity contribution in [2.45, 2.75) is 23.5 Å². The van der Waals surface area contributed by atoms with E-state index in [-0.39, 0.29) is 24.2 Å². The lowest BCUT2D eigenvalue weighted by Gasteiger charge is -2.24. The normalized spacial score (nSPS) is 17.5.